The molecule has 1 saturated heterocycles. The highest BCUT2D eigenvalue weighted by Gasteiger charge is 2.27. The molecule has 1 amide bonds. The summed E-state index contributed by atoms with van der Waals surface area (Å²) >= 11 is 1.78. The number of hydrogen-bond acceptors (Lipinski definition) is 4. The van der Waals surface area contributed by atoms with Gasteiger partial charge in [0, 0.05) is 37.4 Å². The van der Waals surface area contributed by atoms with Gasteiger partial charge in [-0.1, -0.05) is 25.1 Å². The normalized spacial score (nSPS) is 17.6. The summed E-state index contributed by atoms with van der Waals surface area (Å²) in [4.78, 5) is 19.4. The summed E-state index contributed by atoms with van der Waals surface area (Å²) in [6.07, 6.45) is 0. The van der Waals surface area contributed by atoms with E-state index in [1.54, 1.807) is 11.3 Å². The zero-order valence-corrected chi connectivity index (χ0v) is 15.7. The number of carbonyl (C=O) groups excluding carboxylic acids is 1. The van der Waals surface area contributed by atoms with Crippen LogP contribution in [0, 0.1) is 0 Å². The van der Waals surface area contributed by atoms with Gasteiger partial charge in [0.05, 0.1) is 6.04 Å². The number of hydrogen-bond donors (Lipinski definition) is 0. The van der Waals surface area contributed by atoms with Crippen molar-refractivity contribution in [3.8, 4) is 0 Å². The zero-order chi connectivity index (χ0) is 17.1. The van der Waals surface area contributed by atoms with Gasteiger partial charge < -0.3 is 9.80 Å². The molecule has 24 heavy (non-hydrogen) atoms. The number of piperazine rings is 1. The second-order valence-corrected chi connectivity index (χ2v) is 7.52. The van der Waals surface area contributed by atoms with Crippen LogP contribution in [0.2, 0.25) is 0 Å². The van der Waals surface area contributed by atoms with Crippen molar-refractivity contribution in [2.75, 3.05) is 39.8 Å². The maximum absolute atomic E-state index is 12.8. The molecule has 0 radical (unpaired) electrons. The molecule has 0 N–H and O–H groups in total. The standard InChI is InChI=1S/C19H27N3OS/c1-4-21-9-11-22(12-10-21)19(23)15(2)20(3)13-16-14-24-18-8-6-5-7-17(16)18/h5-8,14-15H,4,9-13H2,1-3H3. The van der Waals surface area contributed by atoms with Crippen LogP contribution >= 0.6 is 11.3 Å². The van der Waals surface area contributed by atoms with Gasteiger partial charge in [0.15, 0.2) is 0 Å². The van der Waals surface area contributed by atoms with Gasteiger partial charge in [0.25, 0.3) is 0 Å². The lowest BCUT2D eigenvalue weighted by atomic mass is 10.1. The van der Waals surface area contributed by atoms with Crippen molar-refractivity contribution in [3.05, 3.63) is 35.2 Å². The first-order chi connectivity index (χ1) is 11.6. The van der Waals surface area contributed by atoms with Crippen molar-refractivity contribution in [3.63, 3.8) is 0 Å². The molecule has 0 aliphatic carbocycles. The summed E-state index contributed by atoms with van der Waals surface area (Å²) in [5.74, 6) is 0.257. The Balaban J connectivity index is 1.62. The van der Waals surface area contributed by atoms with Crippen molar-refractivity contribution in [1.82, 2.24) is 14.7 Å². The highest BCUT2D eigenvalue weighted by Crippen LogP contribution is 2.26. The lowest BCUT2D eigenvalue weighted by Gasteiger charge is -2.37. The molecule has 3 rings (SSSR count). The number of fused-ring (bicyclic) bond motifs is 1. The number of likely N-dealkylation sites (N-methyl/N-ethyl adjacent to an activating group) is 2. The summed E-state index contributed by atoms with van der Waals surface area (Å²) in [5.41, 5.74) is 1.31. The van der Waals surface area contributed by atoms with Gasteiger partial charge in [0.2, 0.25) is 5.91 Å². The van der Waals surface area contributed by atoms with Crippen molar-refractivity contribution in [2.45, 2.75) is 26.4 Å². The van der Waals surface area contributed by atoms with Crippen molar-refractivity contribution in [2.24, 2.45) is 0 Å². The van der Waals surface area contributed by atoms with Gasteiger partial charge in [-0.25, -0.2) is 0 Å². The molecule has 0 bridgehead atoms. The summed E-state index contributed by atoms with van der Waals surface area (Å²) in [6, 6.07) is 8.41. The maximum Gasteiger partial charge on any atom is 0.239 e. The Hall–Kier alpha value is -1.43. The molecule has 1 aromatic heterocycles. The summed E-state index contributed by atoms with van der Waals surface area (Å²) in [5, 5.41) is 3.53. The van der Waals surface area contributed by atoms with Crippen LogP contribution in [-0.2, 0) is 11.3 Å². The van der Waals surface area contributed by atoms with Crippen LogP contribution in [0.15, 0.2) is 29.6 Å². The molecule has 0 spiro atoms. The predicted octanol–water partition coefficient (Wildman–Crippen LogP) is 2.89. The smallest absolute Gasteiger partial charge is 0.239 e. The molecule has 1 aliphatic heterocycles. The van der Waals surface area contributed by atoms with Crippen LogP contribution in [0.5, 0.6) is 0 Å². The van der Waals surface area contributed by atoms with E-state index in [1.807, 2.05) is 11.8 Å². The van der Waals surface area contributed by atoms with Crippen LogP contribution in [0.3, 0.4) is 0 Å². The second-order valence-electron chi connectivity index (χ2n) is 6.61. The third-order valence-corrected chi connectivity index (χ3v) is 6.14. The zero-order valence-electron chi connectivity index (χ0n) is 14.9. The van der Waals surface area contributed by atoms with E-state index in [1.165, 1.54) is 15.6 Å². The monoisotopic (exact) mass is 345 g/mol. The molecule has 5 heteroatoms. The van der Waals surface area contributed by atoms with E-state index in [9.17, 15) is 4.79 Å². The lowest BCUT2D eigenvalue weighted by molar-refractivity contribution is -0.137. The number of rotatable bonds is 5. The van der Waals surface area contributed by atoms with Gasteiger partial charge in [-0.2, -0.15) is 0 Å². The van der Waals surface area contributed by atoms with Crippen LogP contribution in [-0.4, -0.2) is 66.4 Å². The fourth-order valence-electron chi connectivity index (χ4n) is 3.30. The predicted molar refractivity (Wildman–Crippen MR) is 101 cm³/mol. The molecule has 1 unspecified atom stereocenters. The van der Waals surface area contributed by atoms with Gasteiger partial charge >= 0.3 is 0 Å². The van der Waals surface area contributed by atoms with Crippen molar-refractivity contribution < 1.29 is 4.79 Å². The Kier molecular flexibility index (Phi) is 5.54. The third kappa shape index (κ3) is 3.63. The molecule has 2 heterocycles. The minimum Gasteiger partial charge on any atom is -0.339 e. The molecular weight excluding hydrogens is 318 g/mol. The highest BCUT2D eigenvalue weighted by molar-refractivity contribution is 7.17. The second kappa shape index (κ2) is 7.64. The molecule has 130 valence electrons. The van der Waals surface area contributed by atoms with Crippen LogP contribution in [0.4, 0.5) is 0 Å². The molecule has 4 nitrogen and oxygen atoms in total. The van der Waals surface area contributed by atoms with E-state index >= 15 is 0 Å². The minimum absolute atomic E-state index is 0.0863. The maximum atomic E-state index is 12.8. The minimum atomic E-state index is -0.0863. The van der Waals surface area contributed by atoms with Gasteiger partial charge in [-0.15, -0.1) is 11.3 Å². The number of benzene rings is 1. The molecule has 1 fully saturated rings. The third-order valence-electron chi connectivity index (χ3n) is 5.13. The Labute approximate surface area is 148 Å². The quantitative estimate of drug-likeness (QED) is 0.834. The van der Waals surface area contributed by atoms with Gasteiger partial charge in [-0.05, 0) is 42.9 Å². The fraction of sp³-hybridized carbons (Fsp3) is 0.526. The van der Waals surface area contributed by atoms with E-state index in [0.717, 1.165) is 39.3 Å². The Morgan fingerprint density at radius 1 is 1.25 bits per heavy atom. The number of carbonyl (C=O) groups is 1. The van der Waals surface area contributed by atoms with Crippen LogP contribution < -0.4 is 0 Å². The van der Waals surface area contributed by atoms with Crippen molar-refractivity contribution in [1.29, 1.82) is 0 Å². The summed E-state index contributed by atoms with van der Waals surface area (Å²) < 4.78 is 1.32. The Morgan fingerprint density at radius 3 is 2.67 bits per heavy atom. The fourth-order valence-corrected chi connectivity index (χ4v) is 4.25. The highest BCUT2D eigenvalue weighted by atomic mass is 32.1. The molecule has 1 aliphatic rings. The Morgan fingerprint density at radius 2 is 1.96 bits per heavy atom. The molecule has 1 atom stereocenters. The van der Waals surface area contributed by atoms with E-state index in [-0.39, 0.29) is 11.9 Å². The lowest BCUT2D eigenvalue weighted by Crippen LogP contribution is -2.53. The Bertz CT molecular complexity index is 691. The van der Waals surface area contributed by atoms with E-state index in [0.29, 0.717) is 0 Å². The first-order valence-corrected chi connectivity index (χ1v) is 9.64. The van der Waals surface area contributed by atoms with Gasteiger partial charge in [0.1, 0.15) is 0 Å². The van der Waals surface area contributed by atoms with E-state index < -0.39 is 0 Å². The van der Waals surface area contributed by atoms with Crippen LogP contribution in [0.25, 0.3) is 10.1 Å². The van der Waals surface area contributed by atoms with Crippen molar-refractivity contribution >= 4 is 27.3 Å². The van der Waals surface area contributed by atoms with E-state index in [4.69, 9.17) is 0 Å². The average Bonchev–Trinajstić information content (AvgIpc) is 3.03. The first-order valence-electron chi connectivity index (χ1n) is 8.76. The van der Waals surface area contributed by atoms with Gasteiger partial charge in [-0.3, -0.25) is 9.69 Å². The van der Waals surface area contributed by atoms with Crippen LogP contribution in [0.1, 0.15) is 19.4 Å². The summed E-state index contributed by atoms with van der Waals surface area (Å²) in [7, 11) is 2.05. The topological polar surface area (TPSA) is 26.8 Å². The SMILES string of the molecule is CCN1CCN(C(=O)C(C)N(C)Cc2csc3ccccc23)CC1. The molecule has 0 saturated carbocycles. The number of nitrogens with zero attached hydrogens (tertiary/aromatic N) is 3. The first kappa shape index (κ1) is 17.4. The molecule has 1 aromatic carbocycles. The summed E-state index contributed by atoms with van der Waals surface area (Å²) in [6.45, 7) is 9.79. The largest absolute Gasteiger partial charge is 0.339 e. The average molecular weight is 346 g/mol. The number of thiophene rings is 1. The molecular formula is C19H27N3OS. The number of amides is 1. The molecule has 2 aromatic rings. The van der Waals surface area contributed by atoms with E-state index in [2.05, 4.69) is 53.4 Å².